The number of nitrogens with zero attached hydrogens (tertiary/aromatic N) is 2. The molecular weight excluding hydrogens is 335 g/mol. The number of alkyl halides is 3. The Morgan fingerprint density at radius 2 is 1.76 bits per heavy atom. The lowest BCUT2D eigenvalue weighted by Crippen LogP contribution is -2.19. The highest BCUT2D eigenvalue weighted by Gasteiger charge is 2.30. The molecule has 1 fully saturated rings. The van der Waals surface area contributed by atoms with Gasteiger partial charge in [-0.25, -0.2) is 4.98 Å². The molecule has 0 saturated carbocycles. The Kier molecular flexibility index (Phi) is 4.78. The fourth-order valence-electron chi connectivity index (χ4n) is 2.60. The minimum absolute atomic E-state index is 0.345. The Balaban J connectivity index is 1.61. The molecule has 132 valence electrons. The number of halogens is 3. The number of rotatable bonds is 4. The molecule has 0 spiro atoms. The molecule has 25 heavy (non-hydrogen) atoms. The van der Waals surface area contributed by atoms with E-state index in [0.717, 1.165) is 43.9 Å². The van der Waals surface area contributed by atoms with E-state index in [1.165, 1.54) is 18.3 Å². The van der Waals surface area contributed by atoms with Crippen molar-refractivity contribution in [1.82, 2.24) is 4.98 Å². The summed E-state index contributed by atoms with van der Waals surface area (Å²) in [6, 6.07) is 8.42. The molecule has 2 aromatic rings. The van der Waals surface area contributed by atoms with Gasteiger partial charge >= 0.3 is 6.36 Å². The van der Waals surface area contributed by atoms with E-state index in [-0.39, 0.29) is 11.7 Å². The summed E-state index contributed by atoms with van der Waals surface area (Å²) in [4.78, 5) is 18.6. The summed E-state index contributed by atoms with van der Waals surface area (Å²) in [5, 5.41) is 2.61. The topological polar surface area (TPSA) is 54.5 Å². The van der Waals surface area contributed by atoms with Crippen molar-refractivity contribution in [3.05, 3.63) is 48.2 Å². The second kappa shape index (κ2) is 7.00. The number of ether oxygens (including phenoxy) is 1. The van der Waals surface area contributed by atoms with Crippen molar-refractivity contribution in [2.45, 2.75) is 19.2 Å². The van der Waals surface area contributed by atoms with Gasteiger partial charge in [-0.1, -0.05) is 0 Å². The van der Waals surface area contributed by atoms with Crippen molar-refractivity contribution in [3.63, 3.8) is 0 Å². The van der Waals surface area contributed by atoms with Gasteiger partial charge in [0.1, 0.15) is 11.6 Å². The molecule has 1 aromatic carbocycles. The van der Waals surface area contributed by atoms with E-state index in [4.69, 9.17) is 0 Å². The summed E-state index contributed by atoms with van der Waals surface area (Å²) in [5.41, 5.74) is 0.738. The molecule has 0 bridgehead atoms. The average Bonchev–Trinajstić information content (AvgIpc) is 3.10. The second-order valence-corrected chi connectivity index (χ2v) is 5.63. The Bertz CT molecular complexity index is 724. The maximum atomic E-state index is 12.2. The van der Waals surface area contributed by atoms with Crippen LogP contribution < -0.4 is 15.0 Å². The molecule has 0 aliphatic carbocycles. The van der Waals surface area contributed by atoms with E-state index in [1.54, 1.807) is 12.1 Å². The number of carbonyl (C=O) groups excluding carboxylic acids is 1. The van der Waals surface area contributed by atoms with Crippen LogP contribution in [0.2, 0.25) is 0 Å². The van der Waals surface area contributed by atoms with Gasteiger partial charge in [-0.15, -0.1) is 13.2 Å². The van der Waals surface area contributed by atoms with Gasteiger partial charge in [-0.3, -0.25) is 4.79 Å². The summed E-state index contributed by atoms with van der Waals surface area (Å²) >= 11 is 0. The normalized spacial score (nSPS) is 14.4. The fourth-order valence-corrected chi connectivity index (χ4v) is 2.60. The zero-order valence-corrected chi connectivity index (χ0v) is 13.2. The monoisotopic (exact) mass is 351 g/mol. The Morgan fingerprint density at radius 1 is 1.08 bits per heavy atom. The van der Waals surface area contributed by atoms with Gasteiger partial charge < -0.3 is 15.0 Å². The molecule has 1 aromatic heterocycles. The second-order valence-electron chi connectivity index (χ2n) is 5.63. The minimum Gasteiger partial charge on any atom is -0.406 e. The van der Waals surface area contributed by atoms with Crippen molar-refractivity contribution < 1.29 is 22.7 Å². The van der Waals surface area contributed by atoms with E-state index in [1.807, 2.05) is 0 Å². The van der Waals surface area contributed by atoms with Gasteiger partial charge in [0.15, 0.2) is 0 Å². The number of nitrogens with one attached hydrogen (secondary N) is 1. The number of benzene rings is 1. The van der Waals surface area contributed by atoms with Crippen LogP contribution in [-0.4, -0.2) is 30.3 Å². The van der Waals surface area contributed by atoms with E-state index in [9.17, 15) is 18.0 Å². The Labute approximate surface area is 142 Å². The maximum absolute atomic E-state index is 12.2. The van der Waals surface area contributed by atoms with Crippen LogP contribution in [0.1, 0.15) is 23.2 Å². The third-order valence-corrected chi connectivity index (χ3v) is 3.79. The number of carbonyl (C=O) groups is 1. The van der Waals surface area contributed by atoms with Gasteiger partial charge in [0.2, 0.25) is 0 Å². The lowest BCUT2D eigenvalue weighted by Gasteiger charge is -2.16. The lowest BCUT2D eigenvalue weighted by atomic mass is 10.2. The zero-order chi connectivity index (χ0) is 17.9. The fraction of sp³-hybridized carbons (Fsp3) is 0.294. The van der Waals surface area contributed by atoms with Crippen molar-refractivity contribution in [1.29, 1.82) is 0 Å². The van der Waals surface area contributed by atoms with Crippen molar-refractivity contribution >= 4 is 17.4 Å². The summed E-state index contributed by atoms with van der Waals surface area (Å²) in [7, 11) is 0. The van der Waals surface area contributed by atoms with E-state index in [2.05, 4.69) is 19.9 Å². The summed E-state index contributed by atoms with van der Waals surface area (Å²) in [6.07, 6.45) is -0.979. The summed E-state index contributed by atoms with van der Waals surface area (Å²) in [6.45, 7) is 1.93. The van der Waals surface area contributed by atoms with Crippen molar-refractivity contribution in [3.8, 4) is 5.75 Å². The van der Waals surface area contributed by atoms with E-state index >= 15 is 0 Å². The highest BCUT2D eigenvalue weighted by atomic mass is 19.4. The molecule has 1 aliphatic heterocycles. The van der Waals surface area contributed by atoms with Gasteiger partial charge in [-0.05, 0) is 49.2 Å². The van der Waals surface area contributed by atoms with Crippen molar-refractivity contribution in [2.24, 2.45) is 0 Å². The number of amides is 1. The number of anilines is 2. The van der Waals surface area contributed by atoms with Crippen molar-refractivity contribution in [2.75, 3.05) is 23.3 Å². The first kappa shape index (κ1) is 17.1. The molecule has 1 amide bonds. The smallest absolute Gasteiger partial charge is 0.406 e. The molecule has 1 saturated heterocycles. The van der Waals surface area contributed by atoms with Crippen LogP contribution in [0.15, 0.2) is 42.6 Å². The van der Waals surface area contributed by atoms with Crippen LogP contribution in [-0.2, 0) is 0 Å². The standard InChI is InChI=1S/C17H16F3N3O2/c18-17(19,20)25-14-6-4-13(5-7-14)22-16(24)12-3-8-15(21-11-12)23-9-1-2-10-23/h3-8,11H,1-2,9-10H2,(H,22,24). The van der Waals surface area contributed by atoms with Crippen LogP contribution in [0.4, 0.5) is 24.7 Å². The van der Waals surface area contributed by atoms with E-state index < -0.39 is 6.36 Å². The SMILES string of the molecule is O=C(Nc1ccc(OC(F)(F)F)cc1)c1ccc(N2CCCC2)nc1. The van der Waals surface area contributed by atoms with Crippen LogP contribution in [0.25, 0.3) is 0 Å². The number of hydrogen-bond acceptors (Lipinski definition) is 4. The number of aromatic nitrogens is 1. The third-order valence-electron chi connectivity index (χ3n) is 3.79. The maximum Gasteiger partial charge on any atom is 0.573 e. The Hall–Kier alpha value is -2.77. The highest BCUT2D eigenvalue weighted by molar-refractivity contribution is 6.04. The highest BCUT2D eigenvalue weighted by Crippen LogP contribution is 2.24. The first-order valence-corrected chi connectivity index (χ1v) is 7.79. The lowest BCUT2D eigenvalue weighted by molar-refractivity contribution is -0.274. The molecule has 0 radical (unpaired) electrons. The Morgan fingerprint density at radius 3 is 2.32 bits per heavy atom. The largest absolute Gasteiger partial charge is 0.573 e. The van der Waals surface area contributed by atoms with Crippen LogP contribution >= 0.6 is 0 Å². The third kappa shape index (κ3) is 4.62. The van der Waals surface area contributed by atoms with Gasteiger partial charge in [0.25, 0.3) is 5.91 Å². The predicted octanol–water partition coefficient (Wildman–Crippen LogP) is 3.83. The zero-order valence-electron chi connectivity index (χ0n) is 13.2. The predicted molar refractivity (Wildman–Crippen MR) is 86.8 cm³/mol. The first-order valence-electron chi connectivity index (χ1n) is 7.79. The molecule has 3 rings (SSSR count). The number of pyridine rings is 1. The summed E-state index contributed by atoms with van der Waals surface area (Å²) < 4.78 is 40.1. The van der Waals surface area contributed by atoms with Gasteiger partial charge in [0.05, 0.1) is 5.56 Å². The first-order chi connectivity index (χ1) is 11.9. The molecule has 0 unspecified atom stereocenters. The average molecular weight is 351 g/mol. The van der Waals surface area contributed by atoms with Crippen LogP contribution in [0.3, 0.4) is 0 Å². The van der Waals surface area contributed by atoms with E-state index in [0.29, 0.717) is 11.3 Å². The molecule has 8 heteroatoms. The minimum atomic E-state index is -4.74. The van der Waals surface area contributed by atoms with Gasteiger partial charge in [0, 0.05) is 25.0 Å². The summed E-state index contributed by atoms with van der Waals surface area (Å²) in [5.74, 6) is 0.106. The quantitative estimate of drug-likeness (QED) is 0.910. The molecule has 1 N–H and O–H groups in total. The van der Waals surface area contributed by atoms with Crippen LogP contribution in [0, 0.1) is 0 Å². The molecule has 0 atom stereocenters. The van der Waals surface area contributed by atoms with Crippen LogP contribution in [0.5, 0.6) is 5.75 Å². The molecular formula is C17H16F3N3O2. The number of hydrogen-bond donors (Lipinski definition) is 1. The molecule has 1 aliphatic rings. The van der Waals surface area contributed by atoms with Gasteiger partial charge in [-0.2, -0.15) is 0 Å². The molecule has 2 heterocycles. The molecule has 5 nitrogen and oxygen atoms in total.